The number of nitrogens with zero attached hydrogens (tertiary/aromatic N) is 1. The summed E-state index contributed by atoms with van der Waals surface area (Å²) in [5, 5.41) is 1.13. The number of aromatic nitrogens is 1. The van der Waals surface area contributed by atoms with Crippen molar-refractivity contribution in [3.8, 4) is 0 Å². The molecule has 4 aliphatic rings. The van der Waals surface area contributed by atoms with Crippen molar-refractivity contribution in [3.05, 3.63) is 36.0 Å². The second-order valence-electron chi connectivity index (χ2n) is 8.50. The zero-order valence-corrected chi connectivity index (χ0v) is 13.5. The Bertz CT molecular complexity index is 753. The number of hydrogen-bond acceptors (Lipinski definition) is 1. The Balaban J connectivity index is 1.48. The zero-order valence-electron chi connectivity index (χ0n) is 13.5. The van der Waals surface area contributed by atoms with Crippen molar-refractivity contribution in [2.24, 2.45) is 28.9 Å². The van der Waals surface area contributed by atoms with Crippen LogP contribution in [-0.4, -0.2) is 10.5 Å². The average Bonchev–Trinajstić information content (AvgIpc) is 2.87. The van der Waals surface area contributed by atoms with E-state index in [4.69, 9.17) is 5.73 Å². The Hall–Kier alpha value is -1.77. The molecule has 4 aliphatic carbocycles. The molecule has 23 heavy (non-hydrogen) atoms. The first kappa shape index (κ1) is 13.6. The van der Waals surface area contributed by atoms with Crippen molar-refractivity contribution >= 4 is 16.8 Å². The number of carbonyl (C=O) groups is 1. The van der Waals surface area contributed by atoms with Crippen LogP contribution in [-0.2, 0) is 6.54 Å². The third-order valence-corrected chi connectivity index (χ3v) is 6.73. The van der Waals surface area contributed by atoms with Gasteiger partial charge in [0.1, 0.15) is 0 Å². The fourth-order valence-corrected chi connectivity index (χ4v) is 6.34. The van der Waals surface area contributed by atoms with Gasteiger partial charge in [0.2, 0.25) is 5.91 Å². The van der Waals surface area contributed by atoms with Gasteiger partial charge in [0.05, 0.1) is 0 Å². The van der Waals surface area contributed by atoms with Crippen molar-refractivity contribution in [2.45, 2.75) is 45.1 Å². The Labute approximate surface area is 136 Å². The maximum atomic E-state index is 11.4. The van der Waals surface area contributed by atoms with Crippen molar-refractivity contribution < 1.29 is 4.79 Å². The monoisotopic (exact) mass is 308 g/mol. The van der Waals surface area contributed by atoms with Gasteiger partial charge in [0, 0.05) is 29.2 Å². The maximum Gasteiger partial charge on any atom is 0.248 e. The number of benzene rings is 1. The normalized spacial score (nSPS) is 35.0. The fourth-order valence-electron chi connectivity index (χ4n) is 6.34. The molecule has 120 valence electrons. The average molecular weight is 308 g/mol. The SMILES string of the molecule is NC(=O)c1ccc2c(ccn2CC23CC4CC(CC(C4)C2)C3)c1. The molecule has 1 aromatic heterocycles. The molecule has 4 saturated carbocycles. The van der Waals surface area contributed by atoms with Crippen molar-refractivity contribution in [1.82, 2.24) is 4.57 Å². The lowest BCUT2D eigenvalue weighted by atomic mass is 9.49. The van der Waals surface area contributed by atoms with Gasteiger partial charge >= 0.3 is 0 Å². The first-order chi connectivity index (χ1) is 11.1. The molecule has 0 saturated heterocycles. The summed E-state index contributed by atoms with van der Waals surface area (Å²) >= 11 is 0. The highest BCUT2D eigenvalue weighted by Crippen LogP contribution is 2.60. The van der Waals surface area contributed by atoms with E-state index in [9.17, 15) is 4.79 Å². The topological polar surface area (TPSA) is 48.0 Å². The molecule has 0 radical (unpaired) electrons. The summed E-state index contributed by atoms with van der Waals surface area (Å²) in [6, 6.07) is 7.98. The highest BCUT2D eigenvalue weighted by Gasteiger charge is 2.50. The van der Waals surface area contributed by atoms with Crippen LogP contribution in [0, 0.1) is 23.2 Å². The Morgan fingerprint density at radius 1 is 1.09 bits per heavy atom. The summed E-state index contributed by atoms with van der Waals surface area (Å²) in [4.78, 5) is 11.4. The second kappa shape index (κ2) is 4.62. The van der Waals surface area contributed by atoms with Gasteiger partial charge in [-0.25, -0.2) is 0 Å². The fraction of sp³-hybridized carbons (Fsp3) is 0.550. The van der Waals surface area contributed by atoms with Crippen molar-refractivity contribution in [1.29, 1.82) is 0 Å². The molecular formula is C20H24N2O. The highest BCUT2D eigenvalue weighted by atomic mass is 16.1. The third kappa shape index (κ3) is 2.13. The van der Waals surface area contributed by atoms with Gasteiger partial charge in [-0.1, -0.05) is 0 Å². The quantitative estimate of drug-likeness (QED) is 0.916. The molecule has 1 heterocycles. The van der Waals surface area contributed by atoms with Gasteiger partial charge < -0.3 is 10.3 Å². The molecule has 1 amide bonds. The molecule has 0 aliphatic heterocycles. The smallest absolute Gasteiger partial charge is 0.248 e. The molecule has 0 spiro atoms. The molecular weight excluding hydrogens is 284 g/mol. The molecule has 0 unspecified atom stereocenters. The van der Waals surface area contributed by atoms with E-state index in [0.717, 1.165) is 29.7 Å². The second-order valence-corrected chi connectivity index (χ2v) is 8.50. The maximum absolute atomic E-state index is 11.4. The van der Waals surface area contributed by atoms with Crippen LogP contribution in [0.15, 0.2) is 30.5 Å². The predicted octanol–water partition coefficient (Wildman–Crippen LogP) is 3.96. The lowest BCUT2D eigenvalue weighted by Crippen LogP contribution is -2.47. The molecule has 1 aromatic carbocycles. The van der Waals surface area contributed by atoms with E-state index in [1.807, 2.05) is 12.1 Å². The summed E-state index contributed by atoms with van der Waals surface area (Å²) in [6.07, 6.45) is 11.0. The van der Waals surface area contributed by atoms with Crippen LogP contribution in [0.3, 0.4) is 0 Å². The van der Waals surface area contributed by atoms with Crippen LogP contribution < -0.4 is 5.73 Å². The molecule has 3 nitrogen and oxygen atoms in total. The molecule has 2 N–H and O–H groups in total. The summed E-state index contributed by atoms with van der Waals surface area (Å²) < 4.78 is 2.42. The minimum atomic E-state index is -0.347. The summed E-state index contributed by atoms with van der Waals surface area (Å²) in [5.74, 6) is 2.62. The van der Waals surface area contributed by atoms with Crippen LogP contribution in [0.25, 0.3) is 10.9 Å². The highest BCUT2D eigenvalue weighted by molar-refractivity contribution is 5.97. The molecule has 4 bridgehead atoms. The van der Waals surface area contributed by atoms with Crippen LogP contribution in [0.4, 0.5) is 0 Å². The summed E-state index contributed by atoms with van der Waals surface area (Å²) in [5.41, 5.74) is 7.77. The lowest BCUT2D eigenvalue weighted by molar-refractivity contribution is -0.0612. The number of carbonyl (C=O) groups excluding carboxylic acids is 1. The third-order valence-electron chi connectivity index (χ3n) is 6.73. The molecule has 4 fully saturated rings. The van der Waals surface area contributed by atoms with E-state index in [1.165, 1.54) is 44.0 Å². The summed E-state index contributed by atoms with van der Waals surface area (Å²) in [7, 11) is 0. The zero-order chi connectivity index (χ0) is 15.6. The first-order valence-electron chi connectivity index (χ1n) is 8.99. The van der Waals surface area contributed by atoms with E-state index in [2.05, 4.69) is 22.9 Å². The minimum absolute atomic E-state index is 0.347. The number of hydrogen-bond donors (Lipinski definition) is 1. The number of fused-ring (bicyclic) bond motifs is 1. The van der Waals surface area contributed by atoms with Crippen LogP contribution >= 0.6 is 0 Å². The van der Waals surface area contributed by atoms with Gasteiger partial charge in [-0.2, -0.15) is 0 Å². The minimum Gasteiger partial charge on any atom is -0.366 e. The Morgan fingerprint density at radius 2 is 1.74 bits per heavy atom. The van der Waals surface area contributed by atoms with Crippen LogP contribution in [0.5, 0.6) is 0 Å². The van der Waals surface area contributed by atoms with E-state index in [0.29, 0.717) is 11.0 Å². The molecule has 0 atom stereocenters. The van der Waals surface area contributed by atoms with Crippen molar-refractivity contribution in [3.63, 3.8) is 0 Å². The van der Waals surface area contributed by atoms with Crippen molar-refractivity contribution in [2.75, 3.05) is 0 Å². The van der Waals surface area contributed by atoms with E-state index in [1.54, 1.807) is 0 Å². The van der Waals surface area contributed by atoms with E-state index in [-0.39, 0.29) is 5.91 Å². The predicted molar refractivity (Wildman–Crippen MR) is 91.1 cm³/mol. The number of rotatable bonds is 3. The van der Waals surface area contributed by atoms with Gasteiger partial charge in [-0.15, -0.1) is 0 Å². The van der Waals surface area contributed by atoms with E-state index >= 15 is 0 Å². The molecule has 3 heteroatoms. The summed E-state index contributed by atoms with van der Waals surface area (Å²) in [6.45, 7) is 1.15. The molecule has 6 rings (SSSR count). The lowest BCUT2D eigenvalue weighted by Gasteiger charge is -2.57. The van der Waals surface area contributed by atoms with Gasteiger partial charge in [0.15, 0.2) is 0 Å². The number of nitrogens with two attached hydrogens (primary N) is 1. The first-order valence-corrected chi connectivity index (χ1v) is 8.99. The van der Waals surface area contributed by atoms with Crippen LogP contribution in [0.2, 0.25) is 0 Å². The largest absolute Gasteiger partial charge is 0.366 e. The number of primary amides is 1. The standard InChI is InChI=1S/C20H24N2O/c21-19(23)17-1-2-18-16(8-17)3-4-22(18)12-20-9-13-5-14(10-20)7-15(6-13)11-20/h1-4,8,13-15H,5-7,9-12H2,(H2,21,23). The number of amides is 1. The van der Waals surface area contributed by atoms with Gasteiger partial charge in [-0.3, -0.25) is 4.79 Å². The van der Waals surface area contributed by atoms with Gasteiger partial charge in [0.25, 0.3) is 0 Å². The van der Waals surface area contributed by atoms with Gasteiger partial charge in [-0.05, 0) is 86.0 Å². The van der Waals surface area contributed by atoms with E-state index < -0.39 is 0 Å². The van der Waals surface area contributed by atoms with Crippen LogP contribution in [0.1, 0.15) is 48.9 Å². The Morgan fingerprint density at radius 3 is 2.35 bits per heavy atom. The Kier molecular flexibility index (Phi) is 2.74. The molecule has 2 aromatic rings.